The van der Waals surface area contributed by atoms with Crippen LogP contribution in [-0.4, -0.2) is 62.1 Å². The summed E-state index contributed by atoms with van der Waals surface area (Å²) >= 11 is 6.02. The Kier molecular flexibility index (Phi) is 9.18. The zero-order valence-electron chi connectivity index (χ0n) is 25.0. The van der Waals surface area contributed by atoms with Crippen molar-refractivity contribution in [1.82, 2.24) is 24.6 Å². The number of nitrogens with two attached hydrogens (primary N) is 1. The molecule has 2 aromatic heterocycles. The second-order valence-corrected chi connectivity index (χ2v) is 14.0. The van der Waals surface area contributed by atoms with Gasteiger partial charge in [0.05, 0.1) is 25.6 Å². The van der Waals surface area contributed by atoms with E-state index in [4.69, 9.17) is 35.9 Å². The molecule has 6 atom stereocenters. The number of carbonyl (C=O) groups excluding carboxylic acids is 1. The van der Waals surface area contributed by atoms with Crippen LogP contribution in [0.4, 0.5) is 5.82 Å². The van der Waals surface area contributed by atoms with Gasteiger partial charge in [0.2, 0.25) is 5.28 Å². The highest BCUT2D eigenvalue weighted by Gasteiger charge is 2.44. The third kappa shape index (κ3) is 6.98. The molecular formula is C29H36ClN6O7P. The number of rotatable bonds is 10. The molecule has 0 bridgehead atoms. The first-order valence-corrected chi connectivity index (χ1v) is 16.0. The van der Waals surface area contributed by atoms with E-state index in [9.17, 15) is 14.5 Å². The van der Waals surface area contributed by atoms with E-state index in [1.54, 1.807) is 23.6 Å². The third-order valence-corrected chi connectivity index (χ3v) is 8.91. The number of hydrogen-bond donors (Lipinski definition) is 3. The normalized spacial score (nSPS) is 22.6. The maximum Gasteiger partial charge on any atom is 0.459 e. The first-order chi connectivity index (χ1) is 20.7. The lowest BCUT2D eigenvalue weighted by Gasteiger charge is -2.26. The van der Waals surface area contributed by atoms with Crippen LogP contribution in [0.25, 0.3) is 21.9 Å². The van der Waals surface area contributed by atoms with Crippen LogP contribution in [0.5, 0.6) is 5.75 Å². The van der Waals surface area contributed by atoms with Crippen molar-refractivity contribution in [3.8, 4) is 5.75 Å². The van der Waals surface area contributed by atoms with E-state index in [2.05, 4.69) is 20.0 Å². The van der Waals surface area contributed by atoms with Crippen molar-refractivity contribution in [3.63, 3.8) is 0 Å². The highest BCUT2D eigenvalue weighted by atomic mass is 35.5. The van der Waals surface area contributed by atoms with E-state index in [-0.39, 0.29) is 35.5 Å². The molecule has 1 aliphatic rings. The van der Waals surface area contributed by atoms with E-state index in [1.807, 2.05) is 51.1 Å². The molecule has 0 radical (unpaired) electrons. The van der Waals surface area contributed by atoms with Gasteiger partial charge in [-0.1, -0.05) is 64.1 Å². The molecule has 236 valence electrons. The van der Waals surface area contributed by atoms with Crippen LogP contribution in [0.15, 0.2) is 48.8 Å². The van der Waals surface area contributed by atoms with Crippen molar-refractivity contribution in [1.29, 1.82) is 0 Å². The molecule has 3 unspecified atom stereocenters. The minimum absolute atomic E-state index is 0.0597. The number of esters is 1. The highest BCUT2D eigenvalue weighted by molar-refractivity contribution is 7.52. The average molecular weight is 647 g/mol. The number of nitrogens with zero attached hydrogens (tertiary/aromatic N) is 4. The lowest BCUT2D eigenvalue weighted by Crippen LogP contribution is -2.37. The molecule has 4 N–H and O–H groups in total. The number of ether oxygens (including phenoxy) is 2. The van der Waals surface area contributed by atoms with Crippen LogP contribution in [0, 0.1) is 11.3 Å². The predicted octanol–water partition coefficient (Wildman–Crippen LogP) is 4.88. The minimum Gasteiger partial charge on any atom is -0.464 e. The maximum atomic E-state index is 14.3. The van der Waals surface area contributed by atoms with Gasteiger partial charge in [0, 0.05) is 11.3 Å². The number of imidazole rings is 1. The number of benzene rings is 2. The van der Waals surface area contributed by atoms with Crippen LogP contribution < -0.4 is 15.3 Å². The summed E-state index contributed by atoms with van der Waals surface area (Å²) in [7, 11) is -4.27. The monoisotopic (exact) mass is 646 g/mol. The van der Waals surface area contributed by atoms with E-state index in [0.717, 1.165) is 5.39 Å². The lowest BCUT2D eigenvalue weighted by atomic mass is 9.99. The van der Waals surface area contributed by atoms with Gasteiger partial charge < -0.3 is 24.8 Å². The molecule has 1 saturated heterocycles. The number of nitrogens with one attached hydrogen (secondary N) is 1. The number of aromatic nitrogens is 4. The van der Waals surface area contributed by atoms with Crippen molar-refractivity contribution in [3.05, 3.63) is 54.1 Å². The van der Waals surface area contributed by atoms with E-state index in [1.165, 1.54) is 13.3 Å². The number of aliphatic hydroxyl groups excluding tert-OH is 1. The number of halogens is 1. The number of carbonyl (C=O) groups is 1. The molecule has 4 aromatic rings. The molecule has 3 heterocycles. The highest BCUT2D eigenvalue weighted by Crippen LogP contribution is 2.48. The van der Waals surface area contributed by atoms with E-state index < -0.39 is 44.1 Å². The largest absolute Gasteiger partial charge is 0.464 e. The van der Waals surface area contributed by atoms with Gasteiger partial charge in [-0.15, -0.1) is 0 Å². The smallest absolute Gasteiger partial charge is 0.459 e. The van der Waals surface area contributed by atoms with Crippen molar-refractivity contribution in [2.75, 3.05) is 18.9 Å². The summed E-state index contributed by atoms with van der Waals surface area (Å²) in [5.74, 6) is -0.693. The Hall–Kier alpha value is -3.32. The number of hydrogen-bond acceptors (Lipinski definition) is 11. The topological polar surface area (TPSA) is 173 Å². The molecular weight excluding hydrogens is 611 g/mol. The molecule has 5 rings (SSSR count). The second-order valence-electron chi connectivity index (χ2n) is 12.0. The van der Waals surface area contributed by atoms with Crippen LogP contribution in [0.1, 0.15) is 40.8 Å². The Morgan fingerprint density at radius 3 is 2.70 bits per heavy atom. The quantitative estimate of drug-likeness (QED) is 0.121. The number of anilines is 1. The van der Waals surface area contributed by atoms with Crippen molar-refractivity contribution in [2.45, 2.75) is 59.1 Å². The van der Waals surface area contributed by atoms with E-state index >= 15 is 0 Å². The fourth-order valence-electron chi connectivity index (χ4n) is 4.81. The fourth-order valence-corrected chi connectivity index (χ4v) is 6.51. The summed E-state index contributed by atoms with van der Waals surface area (Å²) in [6, 6.07) is 11.7. The summed E-state index contributed by atoms with van der Waals surface area (Å²) < 4.78 is 39.4. The number of fused-ring (bicyclic) bond motifs is 2. The number of aliphatic hydroxyl groups is 1. The summed E-state index contributed by atoms with van der Waals surface area (Å²) in [6.07, 6.45) is -1.22. The van der Waals surface area contributed by atoms with Gasteiger partial charge in [0.25, 0.3) is 0 Å². The van der Waals surface area contributed by atoms with Crippen LogP contribution >= 0.6 is 19.3 Å². The summed E-state index contributed by atoms with van der Waals surface area (Å²) in [5.41, 5.74) is 6.36. The molecule has 13 nitrogen and oxygen atoms in total. The van der Waals surface area contributed by atoms with Crippen molar-refractivity contribution in [2.24, 2.45) is 11.3 Å². The predicted molar refractivity (Wildman–Crippen MR) is 165 cm³/mol. The first kappa shape index (κ1) is 32.1. The molecule has 44 heavy (non-hydrogen) atoms. The van der Waals surface area contributed by atoms with E-state index in [0.29, 0.717) is 16.6 Å². The molecule has 2 aromatic carbocycles. The second kappa shape index (κ2) is 12.6. The molecule has 0 saturated carbocycles. The molecule has 1 aliphatic heterocycles. The average Bonchev–Trinajstić information content (AvgIpc) is 3.50. The molecule has 0 aliphatic carbocycles. The first-order valence-electron chi connectivity index (χ1n) is 14.1. The Labute approximate surface area is 259 Å². The molecule has 0 amide bonds. The Bertz CT molecular complexity index is 1710. The van der Waals surface area contributed by atoms with Crippen molar-refractivity contribution < 1.29 is 33.0 Å². The van der Waals surface area contributed by atoms with Crippen molar-refractivity contribution >= 4 is 53.1 Å². The maximum absolute atomic E-state index is 14.3. The van der Waals surface area contributed by atoms with Gasteiger partial charge in [-0.3, -0.25) is 13.9 Å². The van der Waals surface area contributed by atoms with Gasteiger partial charge in [-0.05, 0) is 35.4 Å². The zero-order chi connectivity index (χ0) is 31.8. The van der Waals surface area contributed by atoms with Gasteiger partial charge in [-0.2, -0.15) is 15.1 Å². The minimum atomic E-state index is -4.27. The van der Waals surface area contributed by atoms with Crippen LogP contribution in [0.2, 0.25) is 5.28 Å². The van der Waals surface area contributed by atoms with Gasteiger partial charge >= 0.3 is 13.7 Å². The molecule has 0 spiro atoms. The lowest BCUT2D eigenvalue weighted by molar-refractivity contribution is -0.148. The third-order valence-electron chi connectivity index (χ3n) is 7.11. The SMILES string of the molecule is CC1C(O)[C@@H](COP(=O)(N[C@@H](C)C(=O)OCC(C)(C)C)Oc2cccc3ccccc23)O[C@H]1n1cnc2c(N)nc(Cl)nc21. The molecule has 15 heteroatoms. The summed E-state index contributed by atoms with van der Waals surface area (Å²) in [4.78, 5) is 25.2. The molecule has 1 fully saturated rings. The zero-order valence-corrected chi connectivity index (χ0v) is 26.7. The fraction of sp³-hybridized carbons (Fsp3) is 0.448. The van der Waals surface area contributed by atoms with Crippen LogP contribution in [-0.2, 0) is 23.4 Å². The Morgan fingerprint density at radius 2 is 1.95 bits per heavy atom. The van der Waals surface area contributed by atoms with Gasteiger partial charge in [-0.25, -0.2) is 9.55 Å². The number of nitrogen functional groups attached to an aromatic ring is 1. The Balaban J connectivity index is 1.37. The van der Waals surface area contributed by atoms with Gasteiger partial charge in [0.1, 0.15) is 29.6 Å². The Morgan fingerprint density at radius 1 is 1.23 bits per heavy atom. The summed E-state index contributed by atoms with van der Waals surface area (Å²) in [6.45, 7) is 8.91. The van der Waals surface area contributed by atoms with Gasteiger partial charge in [0.15, 0.2) is 11.5 Å². The van der Waals surface area contributed by atoms with Crippen LogP contribution in [0.3, 0.4) is 0 Å². The standard InChI is InChI=1S/C29H36ClN6O7P/c1-16-23(37)21(42-26(16)36-15-32-22-24(31)33-28(30)34-25(22)36)13-41-44(39,35-17(2)27(38)40-14-29(3,4)5)43-20-12-8-10-18-9-6-7-11-19(18)20/h6-12,15-17,21,23,26,37H,13-14H2,1-5H3,(H,35,39)(H2,31,33,34)/t16?,17-,21+,23?,26+,44?/m0/s1. The summed E-state index contributed by atoms with van der Waals surface area (Å²) in [5, 5.41) is 15.3.